The number of nitrogens with zero attached hydrogens (tertiary/aromatic N) is 5. The molecule has 2 aliphatic rings. The van der Waals surface area contributed by atoms with Crippen molar-refractivity contribution in [1.82, 2.24) is 25.1 Å². The second-order valence-electron chi connectivity index (χ2n) is 4.08. The van der Waals surface area contributed by atoms with Gasteiger partial charge >= 0.3 is 0 Å². The van der Waals surface area contributed by atoms with Gasteiger partial charge in [0.15, 0.2) is 5.82 Å². The van der Waals surface area contributed by atoms with Gasteiger partial charge in [0.1, 0.15) is 0 Å². The molecule has 2 fully saturated rings. The molecule has 3 atom stereocenters. The summed E-state index contributed by atoms with van der Waals surface area (Å²) >= 11 is 0. The van der Waals surface area contributed by atoms with Gasteiger partial charge in [0, 0.05) is 26.1 Å². The molecule has 0 aliphatic carbocycles. The van der Waals surface area contributed by atoms with Crippen LogP contribution < -0.4 is 0 Å². The van der Waals surface area contributed by atoms with E-state index in [4.69, 9.17) is 0 Å². The van der Waals surface area contributed by atoms with Crippen LogP contribution in [0.2, 0.25) is 0 Å². The maximum Gasteiger partial charge on any atom is 0.155 e. The molecule has 0 aromatic carbocycles. The lowest BCUT2D eigenvalue weighted by Crippen LogP contribution is -2.24. The molecule has 78 valence electrons. The molecule has 0 amide bonds. The highest BCUT2D eigenvalue weighted by atomic mass is 35.5. The molecule has 1 aromatic heterocycles. The average Bonchev–Trinajstić information content (AvgIpc) is 2.77. The largest absolute Gasteiger partial charge is 0.302 e. The van der Waals surface area contributed by atoms with Crippen molar-refractivity contribution in [3.05, 3.63) is 5.82 Å². The minimum Gasteiger partial charge on any atom is -0.302 e. The molecule has 2 aliphatic heterocycles. The summed E-state index contributed by atoms with van der Waals surface area (Å²) in [5.41, 5.74) is 0. The standard InChI is InChI=1S/C8H13N5.ClH/c1-12-8(9-10-11-12)7-5-13-3-2-6(7)4-13;/h6-7H,2-5H2,1H3;1H. The molecule has 2 bridgehead atoms. The summed E-state index contributed by atoms with van der Waals surface area (Å²) in [6.45, 7) is 3.67. The van der Waals surface area contributed by atoms with Crippen LogP contribution in [0.25, 0.3) is 0 Å². The van der Waals surface area contributed by atoms with Gasteiger partial charge < -0.3 is 4.90 Å². The Bertz CT molecular complexity index is 325. The van der Waals surface area contributed by atoms with Gasteiger partial charge in [-0.1, -0.05) is 0 Å². The van der Waals surface area contributed by atoms with Gasteiger partial charge in [0.25, 0.3) is 0 Å². The quantitative estimate of drug-likeness (QED) is 0.664. The summed E-state index contributed by atoms with van der Waals surface area (Å²) in [6, 6.07) is 0. The highest BCUT2D eigenvalue weighted by molar-refractivity contribution is 5.85. The minimum atomic E-state index is 0. The lowest BCUT2D eigenvalue weighted by molar-refractivity contribution is 0.337. The van der Waals surface area contributed by atoms with Crippen LogP contribution in [0.15, 0.2) is 0 Å². The molecule has 0 saturated carbocycles. The third-order valence-corrected chi connectivity index (χ3v) is 3.32. The molecule has 14 heavy (non-hydrogen) atoms. The fourth-order valence-electron chi connectivity index (χ4n) is 2.63. The maximum absolute atomic E-state index is 4.09. The molecule has 3 unspecified atom stereocenters. The van der Waals surface area contributed by atoms with Crippen LogP contribution in [0.5, 0.6) is 0 Å². The summed E-state index contributed by atoms with van der Waals surface area (Å²) in [5, 5.41) is 11.7. The molecule has 6 heteroatoms. The van der Waals surface area contributed by atoms with E-state index >= 15 is 0 Å². The van der Waals surface area contributed by atoms with Crippen molar-refractivity contribution in [3.8, 4) is 0 Å². The summed E-state index contributed by atoms with van der Waals surface area (Å²) in [7, 11) is 1.93. The van der Waals surface area contributed by atoms with E-state index in [-0.39, 0.29) is 12.4 Å². The number of aryl methyl sites for hydroxylation is 1. The summed E-state index contributed by atoms with van der Waals surface area (Å²) < 4.78 is 1.81. The maximum atomic E-state index is 4.09. The van der Waals surface area contributed by atoms with Crippen LogP contribution in [-0.4, -0.2) is 44.7 Å². The molecule has 0 N–H and O–H groups in total. The zero-order valence-corrected chi connectivity index (χ0v) is 8.94. The van der Waals surface area contributed by atoms with Crippen molar-refractivity contribution in [2.75, 3.05) is 19.6 Å². The Morgan fingerprint density at radius 1 is 1.36 bits per heavy atom. The van der Waals surface area contributed by atoms with Crippen LogP contribution in [0.4, 0.5) is 0 Å². The normalized spacial score (nSPS) is 34.5. The van der Waals surface area contributed by atoms with Crippen LogP contribution in [0, 0.1) is 5.92 Å². The predicted molar refractivity (Wildman–Crippen MR) is 53.3 cm³/mol. The van der Waals surface area contributed by atoms with E-state index in [1.54, 1.807) is 0 Å². The minimum absolute atomic E-state index is 0. The van der Waals surface area contributed by atoms with Crippen LogP contribution >= 0.6 is 12.4 Å². The Kier molecular flexibility index (Phi) is 2.45. The van der Waals surface area contributed by atoms with E-state index in [0.29, 0.717) is 5.92 Å². The number of aromatic nitrogens is 4. The Balaban J connectivity index is 0.000000750. The van der Waals surface area contributed by atoms with Crippen molar-refractivity contribution < 1.29 is 0 Å². The van der Waals surface area contributed by atoms with Crippen LogP contribution in [0.1, 0.15) is 18.2 Å². The number of halogens is 1. The van der Waals surface area contributed by atoms with Crippen molar-refractivity contribution in [1.29, 1.82) is 0 Å². The first kappa shape index (κ1) is 9.86. The molecule has 2 saturated heterocycles. The fraction of sp³-hybridized carbons (Fsp3) is 0.875. The van der Waals surface area contributed by atoms with Gasteiger partial charge in [0.05, 0.1) is 0 Å². The van der Waals surface area contributed by atoms with E-state index < -0.39 is 0 Å². The fourth-order valence-corrected chi connectivity index (χ4v) is 2.63. The number of rotatable bonds is 1. The van der Waals surface area contributed by atoms with Gasteiger partial charge in [0.2, 0.25) is 0 Å². The van der Waals surface area contributed by atoms with Crippen molar-refractivity contribution in [2.24, 2.45) is 13.0 Å². The van der Waals surface area contributed by atoms with Crippen molar-refractivity contribution in [2.45, 2.75) is 12.3 Å². The van der Waals surface area contributed by atoms with E-state index in [1.807, 2.05) is 11.7 Å². The summed E-state index contributed by atoms with van der Waals surface area (Å²) in [6.07, 6.45) is 1.32. The van der Waals surface area contributed by atoms with E-state index in [2.05, 4.69) is 20.4 Å². The van der Waals surface area contributed by atoms with Gasteiger partial charge in [-0.05, 0) is 29.3 Å². The average molecular weight is 216 g/mol. The summed E-state index contributed by atoms with van der Waals surface area (Å²) in [4.78, 5) is 2.50. The highest BCUT2D eigenvalue weighted by Gasteiger charge is 2.40. The smallest absolute Gasteiger partial charge is 0.155 e. The first-order valence-electron chi connectivity index (χ1n) is 4.79. The van der Waals surface area contributed by atoms with Gasteiger partial charge in [-0.2, -0.15) is 0 Å². The first-order valence-corrected chi connectivity index (χ1v) is 4.79. The lowest BCUT2D eigenvalue weighted by atomic mass is 9.92. The number of piperidine rings is 1. The molecule has 0 radical (unpaired) electrons. The SMILES string of the molecule is Cl.Cn1nnnc1C1CN2CCC1C2. The first-order chi connectivity index (χ1) is 6.34. The third kappa shape index (κ3) is 1.31. The Hall–Kier alpha value is -0.680. The molecule has 3 heterocycles. The van der Waals surface area contributed by atoms with Gasteiger partial charge in [-0.3, -0.25) is 0 Å². The number of hydrogen-bond donors (Lipinski definition) is 0. The van der Waals surface area contributed by atoms with E-state index in [0.717, 1.165) is 18.3 Å². The van der Waals surface area contributed by atoms with Crippen LogP contribution in [0.3, 0.4) is 0 Å². The van der Waals surface area contributed by atoms with Gasteiger partial charge in [-0.25, -0.2) is 4.68 Å². The molecule has 0 spiro atoms. The number of tetrazole rings is 1. The van der Waals surface area contributed by atoms with E-state index in [9.17, 15) is 0 Å². The Morgan fingerprint density at radius 3 is 2.71 bits per heavy atom. The topological polar surface area (TPSA) is 46.8 Å². The van der Waals surface area contributed by atoms with Gasteiger partial charge in [-0.15, -0.1) is 17.5 Å². The lowest BCUT2D eigenvalue weighted by Gasteiger charge is -2.19. The summed E-state index contributed by atoms with van der Waals surface area (Å²) in [5.74, 6) is 2.44. The molecular weight excluding hydrogens is 202 g/mol. The number of fused-ring (bicyclic) bond motifs is 2. The second-order valence-corrected chi connectivity index (χ2v) is 4.08. The second kappa shape index (κ2) is 3.47. The highest BCUT2D eigenvalue weighted by Crippen LogP contribution is 2.38. The predicted octanol–water partition coefficient (Wildman–Crippen LogP) is 0.0510. The third-order valence-electron chi connectivity index (χ3n) is 3.32. The van der Waals surface area contributed by atoms with Crippen molar-refractivity contribution >= 4 is 12.4 Å². The van der Waals surface area contributed by atoms with Crippen LogP contribution in [-0.2, 0) is 7.05 Å². The molecular formula is C8H14ClN5. The Morgan fingerprint density at radius 2 is 2.21 bits per heavy atom. The monoisotopic (exact) mass is 215 g/mol. The zero-order valence-electron chi connectivity index (χ0n) is 8.13. The molecule has 3 rings (SSSR count). The number of hydrogen-bond acceptors (Lipinski definition) is 4. The zero-order chi connectivity index (χ0) is 8.84. The molecule has 5 nitrogen and oxygen atoms in total. The Labute approximate surface area is 88.9 Å². The molecule has 1 aromatic rings. The van der Waals surface area contributed by atoms with E-state index in [1.165, 1.54) is 19.5 Å². The van der Waals surface area contributed by atoms with Crippen molar-refractivity contribution in [3.63, 3.8) is 0 Å².